The second-order valence-corrected chi connectivity index (χ2v) is 9.71. The SMILES string of the molecule is CCn1c(SCc2csc(-c3ccccc3Cl)n2)nnc1C(C)Oc1ccc(C)c(C)c1. The molecule has 0 aliphatic carbocycles. The van der Waals surface area contributed by atoms with E-state index in [0.29, 0.717) is 10.8 Å². The van der Waals surface area contributed by atoms with Crippen molar-refractivity contribution < 1.29 is 4.74 Å². The monoisotopic (exact) mass is 484 g/mol. The average Bonchev–Trinajstić information content (AvgIpc) is 3.42. The fourth-order valence-electron chi connectivity index (χ4n) is 3.32. The van der Waals surface area contributed by atoms with Crippen LogP contribution in [0.25, 0.3) is 10.6 Å². The summed E-state index contributed by atoms with van der Waals surface area (Å²) in [5.41, 5.74) is 4.43. The molecule has 8 heteroatoms. The largest absolute Gasteiger partial charge is 0.483 e. The molecule has 0 saturated carbocycles. The summed E-state index contributed by atoms with van der Waals surface area (Å²) < 4.78 is 8.27. The molecule has 0 saturated heterocycles. The zero-order valence-electron chi connectivity index (χ0n) is 18.5. The number of thiazole rings is 1. The maximum Gasteiger partial charge on any atom is 0.191 e. The molecule has 0 aliphatic heterocycles. The highest BCUT2D eigenvalue weighted by atomic mass is 35.5. The Kier molecular flexibility index (Phi) is 7.18. The van der Waals surface area contributed by atoms with E-state index in [1.807, 2.05) is 37.3 Å². The summed E-state index contributed by atoms with van der Waals surface area (Å²) in [5.74, 6) is 2.38. The van der Waals surface area contributed by atoms with Gasteiger partial charge in [-0.2, -0.15) is 0 Å². The van der Waals surface area contributed by atoms with Crippen LogP contribution in [-0.4, -0.2) is 19.7 Å². The lowest BCUT2D eigenvalue weighted by atomic mass is 10.1. The van der Waals surface area contributed by atoms with Gasteiger partial charge >= 0.3 is 0 Å². The lowest BCUT2D eigenvalue weighted by Crippen LogP contribution is -2.12. The number of ether oxygens (including phenoxy) is 1. The van der Waals surface area contributed by atoms with Gasteiger partial charge in [0.1, 0.15) is 10.8 Å². The molecule has 5 nitrogen and oxygen atoms in total. The molecule has 0 spiro atoms. The van der Waals surface area contributed by atoms with Crippen molar-refractivity contribution in [2.45, 2.75) is 51.3 Å². The minimum absolute atomic E-state index is 0.204. The number of halogens is 1. The van der Waals surface area contributed by atoms with Gasteiger partial charge < -0.3 is 9.30 Å². The zero-order valence-corrected chi connectivity index (χ0v) is 20.9. The smallest absolute Gasteiger partial charge is 0.191 e. The molecule has 0 aliphatic rings. The van der Waals surface area contributed by atoms with Gasteiger partial charge in [0.15, 0.2) is 17.1 Å². The molecule has 2 heterocycles. The fourth-order valence-corrected chi connectivity index (χ4v) is 5.47. The van der Waals surface area contributed by atoms with Crippen molar-refractivity contribution in [1.29, 1.82) is 0 Å². The molecule has 4 aromatic rings. The van der Waals surface area contributed by atoms with Gasteiger partial charge in [0.25, 0.3) is 0 Å². The van der Waals surface area contributed by atoms with Crippen LogP contribution in [-0.2, 0) is 12.3 Å². The Morgan fingerprint density at radius 2 is 1.94 bits per heavy atom. The van der Waals surface area contributed by atoms with Crippen molar-refractivity contribution in [3.05, 3.63) is 75.5 Å². The van der Waals surface area contributed by atoms with Gasteiger partial charge in [-0.25, -0.2) is 4.98 Å². The Morgan fingerprint density at radius 1 is 1.12 bits per heavy atom. The number of aryl methyl sites for hydroxylation is 2. The third kappa shape index (κ3) is 5.00. The first kappa shape index (κ1) is 22.8. The van der Waals surface area contributed by atoms with Crippen LogP contribution >= 0.6 is 34.7 Å². The third-order valence-corrected chi connectivity index (χ3v) is 7.48. The van der Waals surface area contributed by atoms with E-state index < -0.39 is 0 Å². The fraction of sp³-hybridized carbons (Fsp3) is 0.292. The number of benzene rings is 2. The van der Waals surface area contributed by atoms with Crippen molar-refractivity contribution in [2.75, 3.05) is 0 Å². The topological polar surface area (TPSA) is 52.8 Å². The highest BCUT2D eigenvalue weighted by Crippen LogP contribution is 2.32. The van der Waals surface area contributed by atoms with Crippen LogP contribution in [0.3, 0.4) is 0 Å². The van der Waals surface area contributed by atoms with E-state index in [2.05, 4.69) is 53.0 Å². The number of aromatic nitrogens is 4. The first-order chi connectivity index (χ1) is 15.5. The lowest BCUT2D eigenvalue weighted by Gasteiger charge is -2.16. The van der Waals surface area contributed by atoms with Gasteiger partial charge in [-0.3, -0.25) is 0 Å². The minimum atomic E-state index is -0.204. The molecule has 1 atom stereocenters. The highest BCUT2D eigenvalue weighted by Gasteiger charge is 2.19. The van der Waals surface area contributed by atoms with Gasteiger partial charge in [-0.1, -0.05) is 47.6 Å². The number of hydrogen-bond donors (Lipinski definition) is 0. The van der Waals surface area contributed by atoms with Crippen molar-refractivity contribution in [3.63, 3.8) is 0 Å². The average molecular weight is 485 g/mol. The van der Waals surface area contributed by atoms with E-state index in [1.54, 1.807) is 23.1 Å². The summed E-state index contributed by atoms with van der Waals surface area (Å²) in [6, 6.07) is 13.9. The van der Waals surface area contributed by atoms with Crippen LogP contribution in [0, 0.1) is 13.8 Å². The lowest BCUT2D eigenvalue weighted by molar-refractivity contribution is 0.209. The summed E-state index contributed by atoms with van der Waals surface area (Å²) in [6.45, 7) is 9.06. The van der Waals surface area contributed by atoms with Gasteiger partial charge in [0, 0.05) is 23.2 Å². The van der Waals surface area contributed by atoms with E-state index in [-0.39, 0.29) is 6.10 Å². The maximum absolute atomic E-state index is 6.32. The summed E-state index contributed by atoms with van der Waals surface area (Å²) >= 11 is 9.55. The Labute approximate surface area is 201 Å². The molecule has 1 unspecified atom stereocenters. The summed E-state index contributed by atoms with van der Waals surface area (Å²) in [5, 5.41) is 13.4. The second-order valence-electron chi connectivity index (χ2n) is 7.50. The highest BCUT2D eigenvalue weighted by molar-refractivity contribution is 7.98. The van der Waals surface area contributed by atoms with Crippen LogP contribution in [0.5, 0.6) is 5.75 Å². The Bertz CT molecular complexity index is 1220. The van der Waals surface area contributed by atoms with Gasteiger partial charge in [0.2, 0.25) is 0 Å². The predicted molar refractivity (Wildman–Crippen MR) is 133 cm³/mol. The van der Waals surface area contributed by atoms with Crippen molar-refractivity contribution >= 4 is 34.7 Å². The van der Waals surface area contributed by atoms with Gasteiger partial charge in [0.05, 0.1) is 10.7 Å². The van der Waals surface area contributed by atoms with Crippen molar-refractivity contribution in [3.8, 4) is 16.3 Å². The van der Waals surface area contributed by atoms with Crippen molar-refractivity contribution in [1.82, 2.24) is 19.7 Å². The Balaban J connectivity index is 1.45. The molecule has 0 bridgehead atoms. The molecule has 0 N–H and O–H groups in total. The van der Waals surface area contributed by atoms with Crippen LogP contribution in [0.2, 0.25) is 5.02 Å². The Hall–Kier alpha value is -2.35. The summed E-state index contributed by atoms with van der Waals surface area (Å²) in [6.07, 6.45) is -0.204. The van der Waals surface area contributed by atoms with Crippen molar-refractivity contribution in [2.24, 2.45) is 0 Å². The number of nitrogens with zero attached hydrogens (tertiary/aromatic N) is 4. The molecule has 4 rings (SSSR count). The van der Waals surface area contributed by atoms with E-state index in [0.717, 1.165) is 39.5 Å². The molecule has 0 amide bonds. The standard InChI is InChI=1S/C24H25ClN4OS2/c1-5-29-22(17(4)30-19-11-10-15(2)16(3)12-19)27-28-24(29)32-14-18-13-31-23(26-18)20-8-6-7-9-21(20)25/h6-13,17H,5,14H2,1-4H3. The van der Waals surface area contributed by atoms with E-state index >= 15 is 0 Å². The quantitative estimate of drug-likeness (QED) is 0.249. The first-order valence-electron chi connectivity index (χ1n) is 10.5. The molecule has 2 aromatic heterocycles. The third-order valence-electron chi connectivity index (χ3n) is 5.22. The van der Waals surface area contributed by atoms with Crippen LogP contribution in [0.4, 0.5) is 0 Å². The number of thioether (sulfide) groups is 1. The van der Waals surface area contributed by atoms with E-state index in [4.69, 9.17) is 21.3 Å². The first-order valence-corrected chi connectivity index (χ1v) is 12.7. The van der Waals surface area contributed by atoms with Crippen LogP contribution < -0.4 is 4.74 Å². The van der Waals surface area contributed by atoms with E-state index in [1.165, 1.54) is 11.1 Å². The Morgan fingerprint density at radius 3 is 2.69 bits per heavy atom. The molecular formula is C24H25ClN4OS2. The molecular weight excluding hydrogens is 460 g/mol. The second kappa shape index (κ2) is 10.1. The number of rotatable bonds is 8. The van der Waals surface area contributed by atoms with Crippen LogP contribution in [0.15, 0.2) is 53.0 Å². The van der Waals surface area contributed by atoms with E-state index in [9.17, 15) is 0 Å². The van der Waals surface area contributed by atoms with Gasteiger partial charge in [-0.15, -0.1) is 21.5 Å². The molecule has 2 aromatic carbocycles. The minimum Gasteiger partial charge on any atom is -0.483 e. The maximum atomic E-state index is 6.32. The predicted octanol–water partition coefficient (Wildman–Crippen LogP) is 7.12. The van der Waals surface area contributed by atoms with Crippen LogP contribution in [0.1, 0.15) is 42.6 Å². The molecule has 0 fully saturated rings. The molecule has 166 valence electrons. The molecule has 0 radical (unpaired) electrons. The molecule has 32 heavy (non-hydrogen) atoms. The zero-order chi connectivity index (χ0) is 22.7. The number of hydrogen-bond acceptors (Lipinski definition) is 6. The van der Waals surface area contributed by atoms with Gasteiger partial charge in [-0.05, 0) is 57.0 Å². The summed E-state index contributed by atoms with van der Waals surface area (Å²) in [7, 11) is 0. The summed E-state index contributed by atoms with van der Waals surface area (Å²) in [4.78, 5) is 4.76. The normalized spacial score (nSPS) is 12.2.